The van der Waals surface area contributed by atoms with Crippen LogP contribution >= 0.6 is 0 Å². The number of nitrogens with zero attached hydrogens (tertiary/aromatic N) is 3. The highest BCUT2D eigenvalue weighted by Crippen LogP contribution is 2.38. The molecule has 0 bridgehead atoms. The van der Waals surface area contributed by atoms with Crippen LogP contribution in [0.2, 0.25) is 0 Å². The van der Waals surface area contributed by atoms with E-state index in [1.165, 1.54) is 11.3 Å². The first kappa shape index (κ1) is 23.0. The predicted octanol–water partition coefficient (Wildman–Crippen LogP) is 6.56. The van der Waals surface area contributed by atoms with E-state index >= 15 is 0 Å². The highest BCUT2D eigenvalue weighted by Gasteiger charge is 2.37. The molecule has 0 spiro atoms. The Morgan fingerprint density at radius 3 is 2.55 bits per heavy atom. The first-order chi connectivity index (χ1) is 13.8. The van der Waals surface area contributed by atoms with Crippen LogP contribution in [0.5, 0.6) is 6.01 Å². The summed E-state index contributed by atoms with van der Waals surface area (Å²) in [6.07, 6.45) is 2.23. The van der Waals surface area contributed by atoms with Gasteiger partial charge < -0.3 is 9.64 Å². The Morgan fingerprint density at radius 1 is 1.14 bits per heavy atom. The molecule has 1 unspecified atom stereocenters. The standard InChI is InChI=1S/C22H30F3N3O/c1-5-7-8-9-11-17-12-10-13-18(14-17)28(4)20-19(22(23,24)25)15-26-21(27-20)29-16(3)6-2/h10,12-16H,5-9,11H2,1-4H3. The second kappa shape index (κ2) is 10.5. The summed E-state index contributed by atoms with van der Waals surface area (Å²) in [5.74, 6) is -0.214. The second-order valence-corrected chi connectivity index (χ2v) is 7.26. The molecule has 1 heterocycles. The lowest BCUT2D eigenvalue weighted by molar-refractivity contribution is -0.137. The normalized spacial score (nSPS) is 12.7. The van der Waals surface area contributed by atoms with Crippen molar-refractivity contribution in [3.8, 4) is 6.01 Å². The van der Waals surface area contributed by atoms with E-state index in [0.29, 0.717) is 12.1 Å². The molecule has 0 fully saturated rings. The smallest absolute Gasteiger partial charge is 0.421 e. The second-order valence-electron chi connectivity index (χ2n) is 7.26. The van der Waals surface area contributed by atoms with E-state index in [4.69, 9.17) is 4.74 Å². The third-order valence-corrected chi connectivity index (χ3v) is 4.87. The summed E-state index contributed by atoms with van der Waals surface area (Å²) in [6, 6.07) is 7.53. The van der Waals surface area contributed by atoms with Crippen molar-refractivity contribution in [1.82, 2.24) is 9.97 Å². The Bertz CT molecular complexity index is 780. The number of ether oxygens (including phenoxy) is 1. The fourth-order valence-electron chi connectivity index (χ4n) is 2.93. The average Bonchev–Trinajstić information content (AvgIpc) is 2.70. The fourth-order valence-corrected chi connectivity index (χ4v) is 2.93. The maximum Gasteiger partial charge on any atom is 0.421 e. The number of rotatable bonds is 10. The van der Waals surface area contributed by atoms with Crippen LogP contribution < -0.4 is 9.64 Å². The third kappa shape index (κ3) is 6.61. The highest BCUT2D eigenvalue weighted by atomic mass is 19.4. The molecule has 2 rings (SSSR count). The van der Waals surface area contributed by atoms with Crippen LogP contribution in [-0.4, -0.2) is 23.1 Å². The monoisotopic (exact) mass is 409 g/mol. The number of anilines is 2. The Kier molecular flexibility index (Phi) is 8.29. The van der Waals surface area contributed by atoms with Gasteiger partial charge in [-0.15, -0.1) is 0 Å². The minimum absolute atomic E-state index is 0.0510. The van der Waals surface area contributed by atoms with Gasteiger partial charge in [0.2, 0.25) is 0 Å². The molecule has 0 aliphatic rings. The van der Waals surface area contributed by atoms with Gasteiger partial charge in [0.15, 0.2) is 5.82 Å². The summed E-state index contributed by atoms with van der Waals surface area (Å²) in [4.78, 5) is 9.31. The van der Waals surface area contributed by atoms with Gasteiger partial charge in [-0.25, -0.2) is 4.98 Å². The zero-order valence-corrected chi connectivity index (χ0v) is 17.6. The molecule has 1 aromatic heterocycles. The molecule has 0 amide bonds. The molecule has 1 aromatic carbocycles. The predicted molar refractivity (Wildman–Crippen MR) is 110 cm³/mol. The van der Waals surface area contributed by atoms with Gasteiger partial charge in [0.25, 0.3) is 0 Å². The SMILES string of the molecule is CCCCCCc1cccc(N(C)c2nc(OC(C)CC)ncc2C(F)(F)F)c1. The van der Waals surface area contributed by atoms with Crippen molar-refractivity contribution in [2.45, 2.75) is 71.6 Å². The van der Waals surface area contributed by atoms with Crippen LogP contribution in [-0.2, 0) is 12.6 Å². The maximum atomic E-state index is 13.6. The number of halogens is 3. The topological polar surface area (TPSA) is 38.2 Å². The summed E-state index contributed by atoms with van der Waals surface area (Å²) >= 11 is 0. The maximum absolute atomic E-state index is 13.6. The van der Waals surface area contributed by atoms with E-state index < -0.39 is 11.7 Å². The van der Waals surface area contributed by atoms with Crippen LogP contribution in [0.3, 0.4) is 0 Å². The quantitative estimate of drug-likeness (QED) is 0.416. The molecule has 160 valence electrons. The van der Waals surface area contributed by atoms with Crippen LogP contribution in [0, 0.1) is 0 Å². The largest absolute Gasteiger partial charge is 0.460 e. The highest BCUT2D eigenvalue weighted by molar-refractivity contribution is 5.63. The van der Waals surface area contributed by atoms with Crippen LogP contribution in [0.25, 0.3) is 0 Å². The van der Waals surface area contributed by atoms with Gasteiger partial charge in [-0.3, -0.25) is 0 Å². The first-order valence-electron chi connectivity index (χ1n) is 10.2. The fraction of sp³-hybridized carbons (Fsp3) is 0.545. The molecule has 29 heavy (non-hydrogen) atoms. The van der Waals surface area contributed by atoms with E-state index in [9.17, 15) is 13.2 Å². The van der Waals surface area contributed by atoms with Crippen LogP contribution in [0.15, 0.2) is 30.5 Å². The van der Waals surface area contributed by atoms with Crippen LogP contribution in [0.4, 0.5) is 24.7 Å². The minimum Gasteiger partial charge on any atom is -0.460 e. The molecule has 4 nitrogen and oxygen atoms in total. The number of unbranched alkanes of at least 4 members (excludes halogenated alkanes) is 3. The van der Waals surface area contributed by atoms with E-state index in [1.54, 1.807) is 13.1 Å². The summed E-state index contributed by atoms with van der Waals surface area (Å²) in [5.41, 5.74) is 0.866. The zero-order valence-electron chi connectivity index (χ0n) is 17.6. The number of alkyl halides is 3. The van der Waals surface area contributed by atoms with Crippen molar-refractivity contribution in [2.24, 2.45) is 0 Å². The summed E-state index contributed by atoms with van der Waals surface area (Å²) in [6.45, 7) is 5.91. The van der Waals surface area contributed by atoms with Gasteiger partial charge in [-0.1, -0.05) is 45.2 Å². The number of hydrogen-bond donors (Lipinski definition) is 0. The van der Waals surface area contributed by atoms with Gasteiger partial charge in [0.1, 0.15) is 5.56 Å². The van der Waals surface area contributed by atoms with Crippen LogP contribution in [0.1, 0.15) is 64.0 Å². The van der Waals surface area contributed by atoms with Crippen molar-refractivity contribution in [3.05, 3.63) is 41.6 Å². The molecule has 7 heteroatoms. The summed E-state index contributed by atoms with van der Waals surface area (Å²) in [7, 11) is 1.58. The van der Waals surface area contributed by atoms with E-state index in [2.05, 4.69) is 16.9 Å². The molecular formula is C22H30F3N3O. The van der Waals surface area contributed by atoms with E-state index in [0.717, 1.165) is 37.4 Å². The molecule has 0 aliphatic carbocycles. The zero-order chi connectivity index (χ0) is 21.4. The molecule has 0 saturated heterocycles. The summed E-state index contributed by atoms with van der Waals surface area (Å²) < 4.78 is 46.2. The Morgan fingerprint density at radius 2 is 1.90 bits per heavy atom. The van der Waals surface area contributed by atoms with Gasteiger partial charge in [0, 0.05) is 18.9 Å². The van der Waals surface area contributed by atoms with Crippen molar-refractivity contribution in [2.75, 3.05) is 11.9 Å². The van der Waals surface area contributed by atoms with Crippen molar-refractivity contribution in [3.63, 3.8) is 0 Å². The summed E-state index contributed by atoms with van der Waals surface area (Å²) in [5, 5.41) is 0. The van der Waals surface area contributed by atoms with E-state index in [1.807, 2.05) is 32.0 Å². The number of aryl methyl sites for hydroxylation is 1. The molecule has 0 saturated carbocycles. The van der Waals surface area contributed by atoms with Gasteiger partial charge in [-0.2, -0.15) is 18.2 Å². The minimum atomic E-state index is -4.56. The Balaban J connectivity index is 2.32. The van der Waals surface area contributed by atoms with Crippen molar-refractivity contribution in [1.29, 1.82) is 0 Å². The molecule has 0 aliphatic heterocycles. The molecule has 0 radical (unpaired) electrons. The van der Waals surface area contributed by atoms with Gasteiger partial charge in [0.05, 0.1) is 6.10 Å². The lowest BCUT2D eigenvalue weighted by atomic mass is 10.1. The van der Waals surface area contributed by atoms with Crippen molar-refractivity contribution >= 4 is 11.5 Å². The lowest BCUT2D eigenvalue weighted by Crippen LogP contribution is -2.20. The molecule has 2 aromatic rings. The average molecular weight is 409 g/mol. The third-order valence-electron chi connectivity index (χ3n) is 4.87. The molecule has 1 atom stereocenters. The molecular weight excluding hydrogens is 379 g/mol. The number of benzene rings is 1. The lowest BCUT2D eigenvalue weighted by Gasteiger charge is -2.23. The number of hydrogen-bond acceptors (Lipinski definition) is 4. The molecule has 0 N–H and O–H groups in total. The van der Waals surface area contributed by atoms with Crippen molar-refractivity contribution < 1.29 is 17.9 Å². The van der Waals surface area contributed by atoms with Gasteiger partial charge >= 0.3 is 12.2 Å². The Labute approximate surface area is 171 Å². The Hall–Kier alpha value is -2.31. The van der Waals surface area contributed by atoms with E-state index in [-0.39, 0.29) is 17.9 Å². The first-order valence-corrected chi connectivity index (χ1v) is 10.2. The van der Waals surface area contributed by atoms with Gasteiger partial charge in [-0.05, 0) is 43.9 Å². The number of aromatic nitrogens is 2.